The van der Waals surface area contributed by atoms with Gasteiger partial charge in [-0.2, -0.15) is 0 Å². The van der Waals surface area contributed by atoms with E-state index in [4.69, 9.17) is 11.6 Å². The van der Waals surface area contributed by atoms with Crippen molar-refractivity contribution in [3.8, 4) is 11.3 Å². The highest BCUT2D eigenvalue weighted by Gasteiger charge is 2.19. The first-order valence-electron chi connectivity index (χ1n) is 7.28. The summed E-state index contributed by atoms with van der Waals surface area (Å²) in [7, 11) is 0. The number of nitrogens with one attached hydrogen (secondary N) is 1. The van der Waals surface area contributed by atoms with Gasteiger partial charge < -0.3 is 5.32 Å². The Morgan fingerprint density at radius 1 is 1.12 bits per heavy atom. The number of halogens is 2. The average molecular weight is 373 g/mol. The van der Waals surface area contributed by atoms with Crippen molar-refractivity contribution in [2.24, 2.45) is 0 Å². The van der Waals surface area contributed by atoms with Gasteiger partial charge in [0.2, 0.25) is 5.82 Å². The van der Waals surface area contributed by atoms with Crippen molar-refractivity contribution in [2.75, 3.05) is 5.32 Å². The molecule has 1 N–H and O–H groups in total. The lowest BCUT2D eigenvalue weighted by molar-refractivity contribution is -0.384. The molecule has 0 saturated heterocycles. The van der Waals surface area contributed by atoms with E-state index < -0.39 is 16.6 Å². The average Bonchev–Trinajstić information content (AvgIpc) is 2.62. The number of benzene rings is 1. The first kappa shape index (κ1) is 17.4. The predicted octanol–water partition coefficient (Wildman–Crippen LogP) is 4.10. The number of rotatable bonds is 4. The molecule has 2 heterocycles. The monoisotopic (exact) mass is 372 g/mol. The molecule has 2 aromatic heterocycles. The molecule has 0 aliphatic carbocycles. The second-order valence-corrected chi connectivity index (χ2v) is 5.54. The van der Waals surface area contributed by atoms with Crippen LogP contribution in [0.4, 0.5) is 15.9 Å². The number of hydrogen-bond acceptors (Lipinski definition) is 5. The molecule has 1 aromatic carbocycles. The van der Waals surface area contributed by atoms with Crippen molar-refractivity contribution in [1.29, 1.82) is 0 Å². The van der Waals surface area contributed by atoms with Crippen molar-refractivity contribution in [1.82, 2.24) is 9.97 Å². The van der Waals surface area contributed by atoms with Crippen LogP contribution in [0.3, 0.4) is 0 Å². The van der Waals surface area contributed by atoms with E-state index in [2.05, 4.69) is 15.3 Å². The van der Waals surface area contributed by atoms with Crippen molar-refractivity contribution in [3.63, 3.8) is 0 Å². The maximum atomic E-state index is 13.1. The summed E-state index contributed by atoms with van der Waals surface area (Å²) in [5.74, 6) is -1.27. The second-order valence-electron chi connectivity index (χ2n) is 5.15. The Kier molecular flexibility index (Phi) is 4.85. The van der Waals surface area contributed by atoms with E-state index >= 15 is 0 Å². The maximum absolute atomic E-state index is 13.1. The minimum atomic E-state index is -0.656. The standard InChI is InChI=1S/C17H10ClFN4O3/c18-15-8-3-11(9-20-15)17(24)22-16-14(23(25)26)7-6-13(21-16)10-1-4-12(19)5-2-10/h1-9H,(H,21,22,24). The number of pyridine rings is 2. The highest BCUT2D eigenvalue weighted by atomic mass is 35.5. The van der Waals surface area contributed by atoms with Crippen LogP contribution in [0.1, 0.15) is 10.4 Å². The number of amides is 1. The van der Waals surface area contributed by atoms with Crippen molar-refractivity contribution >= 4 is 29.0 Å². The van der Waals surface area contributed by atoms with Gasteiger partial charge in [0.15, 0.2) is 0 Å². The summed E-state index contributed by atoms with van der Waals surface area (Å²) in [6.07, 6.45) is 1.24. The number of hydrogen-bond donors (Lipinski definition) is 1. The molecule has 1 amide bonds. The Labute approximate surface area is 151 Å². The maximum Gasteiger partial charge on any atom is 0.311 e. The Balaban J connectivity index is 1.96. The Morgan fingerprint density at radius 3 is 2.46 bits per heavy atom. The van der Waals surface area contributed by atoms with Gasteiger partial charge in [-0.05, 0) is 42.5 Å². The molecular weight excluding hydrogens is 363 g/mol. The smallest absolute Gasteiger partial charge is 0.301 e. The van der Waals surface area contributed by atoms with Crippen LogP contribution in [0.2, 0.25) is 5.15 Å². The third-order valence-corrected chi connectivity index (χ3v) is 3.66. The van der Waals surface area contributed by atoms with E-state index in [9.17, 15) is 19.3 Å². The van der Waals surface area contributed by atoms with Gasteiger partial charge in [-0.15, -0.1) is 0 Å². The van der Waals surface area contributed by atoms with Gasteiger partial charge in [0.25, 0.3) is 5.91 Å². The van der Waals surface area contributed by atoms with E-state index in [0.717, 1.165) is 0 Å². The Morgan fingerprint density at radius 2 is 1.85 bits per heavy atom. The highest BCUT2D eigenvalue weighted by molar-refractivity contribution is 6.29. The molecular formula is C17H10ClFN4O3. The number of carbonyl (C=O) groups excluding carboxylic acids is 1. The van der Waals surface area contributed by atoms with Gasteiger partial charge in [0.05, 0.1) is 16.2 Å². The van der Waals surface area contributed by atoms with Crippen LogP contribution < -0.4 is 5.32 Å². The van der Waals surface area contributed by atoms with Gasteiger partial charge in [0.1, 0.15) is 11.0 Å². The van der Waals surface area contributed by atoms with Crippen LogP contribution in [0.15, 0.2) is 54.7 Å². The van der Waals surface area contributed by atoms with Crippen molar-refractivity contribution in [2.45, 2.75) is 0 Å². The lowest BCUT2D eigenvalue weighted by atomic mass is 10.1. The van der Waals surface area contributed by atoms with Crippen LogP contribution >= 0.6 is 11.6 Å². The molecule has 9 heteroatoms. The van der Waals surface area contributed by atoms with Gasteiger partial charge in [-0.25, -0.2) is 14.4 Å². The molecule has 7 nitrogen and oxygen atoms in total. The molecule has 0 spiro atoms. The minimum Gasteiger partial charge on any atom is -0.301 e. The van der Waals surface area contributed by atoms with Crippen LogP contribution in [0, 0.1) is 15.9 Å². The number of carbonyl (C=O) groups is 1. The Hall–Kier alpha value is -3.39. The summed E-state index contributed by atoms with van der Waals surface area (Å²) in [5.41, 5.74) is 0.689. The number of nitrogens with zero attached hydrogens (tertiary/aromatic N) is 3. The molecule has 0 aliphatic rings. The molecule has 0 fully saturated rings. The van der Waals surface area contributed by atoms with Crippen molar-refractivity contribution in [3.05, 3.63) is 81.4 Å². The van der Waals surface area contributed by atoms with E-state index in [0.29, 0.717) is 11.3 Å². The predicted molar refractivity (Wildman–Crippen MR) is 93.5 cm³/mol. The van der Waals surface area contributed by atoms with E-state index in [1.807, 2.05) is 0 Å². The van der Waals surface area contributed by atoms with Gasteiger partial charge >= 0.3 is 5.69 Å². The molecule has 0 atom stereocenters. The molecule has 3 aromatic rings. The van der Waals surface area contributed by atoms with Gasteiger partial charge in [-0.3, -0.25) is 14.9 Å². The molecule has 26 heavy (non-hydrogen) atoms. The topological polar surface area (TPSA) is 98.0 Å². The molecule has 130 valence electrons. The zero-order chi connectivity index (χ0) is 18.7. The summed E-state index contributed by atoms with van der Waals surface area (Å²) < 4.78 is 13.1. The number of aromatic nitrogens is 2. The zero-order valence-corrected chi connectivity index (χ0v) is 13.8. The first-order chi connectivity index (χ1) is 12.4. The third kappa shape index (κ3) is 3.81. The molecule has 0 radical (unpaired) electrons. The van der Waals surface area contributed by atoms with Crippen molar-refractivity contribution < 1.29 is 14.1 Å². The second kappa shape index (κ2) is 7.24. The molecule has 3 rings (SSSR count). The first-order valence-corrected chi connectivity index (χ1v) is 7.66. The third-order valence-electron chi connectivity index (χ3n) is 3.43. The fourth-order valence-electron chi connectivity index (χ4n) is 2.16. The largest absolute Gasteiger partial charge is 0.311 e. The fourth-order valence-corrected chi connectivity index (χ4v) is 2.27. The number of anilines is 1. The van der Waals surface area contributed by atoms with Crippen LogP contribution in [-0.4, -0.2) is 20.8 Å². The quantitative estimate of drug-likeness (QED) is 0.422. The van der Waals surface area contributed by atoms with Crippen LogP contribution in [-0.2, 0) is 0 Å². The Bertz CT molecular complexity index is 978. The molecule has 0 bridgehead atoms. The van der Waals surface area contributed by atoms with Crippen LogP contribution in [0.5, 0.6) is 0 Å². The van der Waals surface area contributed by atoms with E-state index in [1.54, 1.807) is 0 Å². The van der Waals surface area contributed by atoms with Crippen LogP contribution in [0.25, 0.3) is 11.3 Å². The minimum absolute atomic E-state index is 0.165. The summed E-state index contributed by atoms with van der Waals surface area (Å²) in [6, 6.07) is 11.0. The lowest BCUT2D eigenvalue weighted by Gasteiger charge is -2.08. The summed E-state index contributed by atoms with van der Waals surface area (Å²) in [5, 5.41) is 13.8. The highest BCUT2D eigenvalue weighted by Crippen LogP contribution is 2.27. The summed E-state index contributed by atoms with van der Waals surface area (Å²) in [4.78, 5) is 30.8. The fraction of sp³-hybridized carbons (Fsp3) is 0. The SMILES string of the molecule is O=C(Nc1nc(-c2ccc(F)cc2)ccc1[N+](=O)[O-])c1ccc(Cl)nc1. The van der Waals surface area contributed by atoms with Gasteiger partial charge in [-0.1, -0.05) is 11.6 Å². The zero-order valence-electron chi connectivity index (χ0n) is 13.0. The summed E-state index contributed by atoms with van der Waals surface area (Å²) >= 11 is 5.67. The molecule has 0 aliphatic heterocycles. The van der Waals surface area contributed by atoms with Gasteiger partial charge in [0, 0.05) is 17.8 Å². The normalized spacial score (nSPS) is 10.4. The lowest BCUT2D eigenvalue weighted by Crippen LogP contribution is -2.14. The summed E-state index contributed by atoms with van der Waals surface area (Å²) in [6.45, 7) is 0. The van der Waals surface area contributed by atoms with E-state index in [1.165, 1.54) is 54.7 Å². The number of nitro groups is 1. The molecule has 0 saturated carbocycles. The van der Waals surface area contributed by atoms with E-state index in [-0.39, 0.29) is 22.2 Å². The molecule has 0 unspecified atom stereocenters.